The van der Waals surface area contributed by atoms with Gasteiger partial charge in [0.2, 0.25) is 11.8 Å². The van der Waals surface area contributed by atoms with Crippen LogP contribution < -0.4 is 10.6 Å². The Hall–Kier alpha value is -2.37. The first-order valence-corrected chi connectivity index (χ1v) is 8.78. The molecule has 2 rings (SSSR count). The number of para-hydroxylation sites is 1. The first-order valence-electron chi connectivity index (χ1n) is 8.41. The van der Waals surface area contributed by atoms with Gasteiger partial charge in [0.1, 0.15) is 0 Å². The van der Waals surface area contributed by atoms with Crippen molar-refractivity contribution in [2.45, 2.75) is 20.4 Å². The molecule has 0 heterocycles. The Morgan fingerprint density at radius 3 is 2.23 bits per heavy atom. The molecule has 0 spiro atoms. The summed E-state index contributed by atoms with van der Waals surface area (Å²) >= 11 is 5.87. The predicted octanol–water partition coefficient (Wildman–Crippen LogP) is 3.14. The van der Waals surface area contributed by atoms with Gasteiger partial charge in [-0.3, -0.25) is 14.5 Å². The minimum Gasteiger partial charge on any atom is -0.346 e. The number of carbonyl (C=O) groups is 2. The van der Waals surface area contributed by atoms with E-state index in [4.69, 9.17) is 11.6 Å². The normalized spacial score (nSPS) is 10.7. The fraction of sp³-hybridized carbons (Fsp3) is 0.300. The average Bonchev–Trinajstić information content (AvgIpc) is 2.58. The van der Waals surface area contributed by atoms with Gasteiger partial charge in [0.15, 0.2) is 0 Å². The molecule has 0 aliphatic heterocycles. The van der Waals surface area contributed by atoms with Crippen LogP contribution in [0.3, 0.4) is 0 Å². The first kappa shape index (κ1) is 19.9. The van der Waals surface area contributed by atoms with E-state index in [1.165, 1.54) is 0 Å². The Balaban J connectivity index is 1.77. The van der Waals surface area contributed by atoms with Crippen molar-refractivity contribution in [3.63, 3.8) is 0 Å². The Bertz CT molecular complexity index is 755. The number of hydrogen-bond acceptors (Lipinski definition) is 3. The number of nitrogens with one attached hydrogen (secondary N) is 2. The molecule has 0 aromatic heterocycles. The lowest BCUT2D eigenvalue weighted by Crippen LogP contribution is -2.39. The molecule has 0 saturated heterocycles. The Labute approximate surface area is 159 Å². The number of likely N-dealkylation sites (N-methyl/N-ethyl adjacent to an activating group) is 1. The third kappa shape index (κ3) is 6.17. The van der Waals surface area contributed by atoms with Gasteiger partial charge in [0.25, 0.3) is 0 Å². The number of carbonyl (C=O) groups excluding carboxylic acids is 2. The van der Waals surface area contributed by atoms with Crippen LogP contribution in [0.4, 0.5) is 5.69 Å². The maximum absolute atomic E-state index is 12.1. The van der Waals surface area contributed by atoms with E-state index >= 15 is 0 Å². The van der Waals surface area contributed by atoms with Gasteiger partial charge < -0.3 is 10.6 Å². The number of halogens is 1. The summed E-state index contributed by atoms with van der Waals surface area (Å²) in [4.78, 5) is 26.0. The molecule has 5 nitrogen and oxygen atoms in total. The second kappa shape index (κ2) is 9.36. The molecule has 0 unspecified atom stereocenters. The number of benzene rings is 2. The maximum atomic E-state index is 12.1. The van der Waals surface area contributed by atoms with Crippen molar-refractivity contribution in [3.05, 3.63) is 64.2 Å². The van der Waals surface area contributed by atoms with Crippen molar-refractivity contribution in [2.24, 2.45) is 0 Å². The molecule has 2 N–H and O–H groups in total. The quantitative estimate of drug-likeness (QED) is 0.783. The van der Waals surface area contributed by atoms with E-state index in [0.717, 1.165) is 22.4 Å². The van der Waals surface area contributed by atoms with Gasteiger partial charge in [-0.25, -0.2) is 0 Å². The highest BCUT2D eigenvalue weighted by molar-refractivity contribution is 6.30. The van der Waals surface area contributed by atoms with Crippen LogP contribution in [-0.4, -0.2) is 36.9 Å². The van der Waals surface area contributed by atoms with E-state index in [9.17, 15) is 9.59 Å². The average molecular weight is 374 g/mol. The summed E-state index contributed by atoms with van der Waals surface area (Å²) in [6, 6.07) is 13.3. The van der Waals surface area contributed by atoms with Crippen molar-refractivity contribution in [3.8, 4) is 0 Å². The molecule has 0 saturated carbocycles. The van der Waals surface area contributed by atoms with Gasteiger partial charge in [0, 0.05) is 17.3 Å². The van der Waals surface area contributed by atoms with E-state index in [0.29, 0.717) is 11.6 Å². The molecule has 0 radical (unpaired) electrons. The Morgan fingerprint density at radius 2 is 1.62 bits per heavy atom. The molecule has 0 aliphatic carbocycles. The largest absolute Gasteiger partial charge is 0.346 e. The molecule has 2 amide bonds. The summed E-state index contributed by atoms with van der Waals surface area (Å²) in [6.45, 7) is 4.65. The van der Waals surface area contributed by atoms with Crippen molar-refractivity contribution < 1.29 is 9.59 Å². The van der Waals surface area contributed by atoms with E-state index in [2.05, 4.69) is 10.6 Å². The van der Waals surface area contributed by atoms with Gasteiger partial charge in [0.05, 0.1) is 13.1 Å². The van der Waals surface area contributed by atoms with Crippen LogP contribution >= 0.6 is 11.6 Å². The third-order valence-corrected chi connectivity index (χ3v) is 4.22. The highest BCUT2D eigenvalue weighted by Crippen LogP contribution is 2.19. The summed E-state index contributed by atoms with van der Waals surface area (Å²) in [5.41, 5.74) is 3.85. The predicted molar refractivity (Wildman–Crippen MR) is 105 cm³/mol. The van der Waals surface area contributed by atoms with E-state index in [-0.39, 0.29) is 24.9 Å². The summed E-state index contributed by atoms with van der Waals surface area (Å²) in [5, 5.41) is 6.19. The van der Waals surface area contributed by atoms with Gasteiger partial charge >= 0.3 is 0 Å². The third-order valence-electron chi connectivity index (χ3n) is 3.97. The van der Waals surface area contributed by atoms with Crippen molar-refractivity contribution in [2.75, 3.05) is 25.5 Å². The zero-order chi connectivity index (χ0) is 19.1. The van der Waals surface area contributed by atoms with Crippen LogP contribution in [0.2, 0.25) is 5.02 Å². The lowest BCUT2D eigenvalue weighted by Gasteiger charge is -2.16. The molecule has 0 atom stereocenters. The summed E-state index contributed by atoms with van der Waals surface area (Å²) in [7, 11) is 1.85. The summed E-state index contributed by atoms with van der Waals surface area (Å²) in [6.07, 6.45) is 0. The number of hydrogen-bond donors (Lipinski definition) is 2. The molecule has 0 aliphatic rings. The van der Waals surface area contributed by atoms with Crippen LogP contribution in [0.1, 0.15) is 16.7 Å². The molecule has 2 aromatic carbocycles. The Kier molecular flexibility index (Phi) is 7.18. The van der Waals surface area contributed by atoms with Gasteiger partial charge in [-0.15, -0.1) is 0 Å². The second-order valence-electron chi connectivity index (χ2n) is 6.39. The zero-order valence-corrected chi connectivity index (χ0v) is 16.1. The fourth-order valence-electron chi connectivity index (χ4n) is 2.63. The highest BCUT2D eigenvalue weighted by Gasteiger charge is 2.11. The number of amides is 2. The summed E-state index contributed by atoms with van der Waals surface area (Å²) in [5.74, 6) is -0.436. The van der Waals surface area contributed by atoms with E-state index < -0.39 is 0 Å². The Morgan fingerprint density at radius 1 is 1.00 bits per heavy atom. The molecule has 0 fully saturated rings. The van der Waals surface area contributed by atoms with Crippen LogP contribution in [0.25, 0.3) is 0 Å². The van der Waals surface area contributed by atoms with Crippen molar-refractivity contribution in [1.29, 1.82) is 0 Å². The minimum absolute atomic E-state index is 0.0542. The number of aryl methyl sites for hydroxylation is 2. The van der Waals surface area contributed by atoms with Gasteiger partial charge in [-0.2, -0.15) is 0 Å². The van der Waals surface area contributed by atoms with E-state index in [1.807, 2.05) is 68.3 Å². The van der Waals surface area contributed by atoms with Crippen LogP contribution in [0.15, 0.2) is 42.5 Å². The number of anilines is 1. The van der Waals surface area contributed by atoms with Crippen molar-refractivity contribution in [1.82, 2.24) is 10.2 Å². The van der Waals surface area contributed by atoms with Crippen LogP contribution in [0, 0.1) is 13.8 Å². The first-order chi connectivity index (χ1) is 12.3. The SMILES string of the molecule is Cc1cccc(C)c1NC(=O)CNC(=O)CN(C)Cc1ccc(Cl)cc1. The molecular formula is C20H24ClN3O2. The topological polar surface area (TPSA) is 61.4 Å². The van der Waals surface area contributed by atoms with Crippen LogP contribution in [-0.2, 0) is 16.1 Å². The highest BCUT2D eigenvalue weighted by atomic mass is 35.5. The molecular weight excluding hydrogens is 350 g/mol. The van der Waals surface area contributed by atoms with Crippen molar-refractivity contribution >= 4 is 29.1 Å². The second-order valence-corrected chi connectivity index (χ2v) is 6.83. The molecule has 2 aromatic rings. The number of rotatable bonds is 7. The minimum atomic E-state index is -0.240. The maximum Gasteiger partial charge on any atom is 0.243 e. The lowest BCUT2D eigenvalue weighted by atomic mass is 10.1. The van der Waals surface area contributed by atoms with Gasteiger partial charge in [-0.1, -0.05) is 41.9 Å². The van der Waals surface area contributed by atoms with Gasteiger partial charge in [-0.05, 0) is 49.7 Å². The fourth-order valence-corrected chi connectivity index (χ4v) is 2.76. The molecule has 6 heteroatoms. The van der Waals surface area contributed by atoms with Crippen LogP contribution in [0.5, 0.6) is 0 Å². The standard InChI is InChI=1S/C20H24ClN3O2/c1-14-5-4-6-15(2)20(14)23-18(25)11-22-19(26)13-24(3)12-16-7-9-17(21)10-8-16/h4-10H,11-13H2,1-3H3,(H,22,26)(H,23,25). The van der Waals surface area contributed by atoms with E-state index in [1.54, 1.807) is 0 Å². The number of nitrogens with zero attached hydrogens (tertiary/aromatic N) is 1. The molecule has 0 bridgehead atoms. The molecule has 138 valence electrons. The molecule has 26 heavy (non-hydrogen) atoms. The summed E-state index contributed by atoms with van der Waals surface area (Å²) < 4.78 is 0. The zero-order valence-electron chi connectivity index (χ0n) is 15.3. The smallest absolute Gasteiger partial charge is 0.243 e. The lowest BCUT2D eigenvalue weighted by molar-refractivity contribution is -0.124. The monoisotopic (exact) mass is 373 g/mol.